The van der Waals surface area contributed by atoms with Crippen LogP contribution in [0.15, 0.2) is 23.1 Å². The molecule has 0 aromatic heterocycles. The quantitative estimate of drug-likeness (QED) is 0.726. The highest BCUT2D eigenvalue weighted by molar-refractivity contribution is 7.89. The van der Waals surface area contributed by atoms with Crippen LogP contribution < -0.4 is 4.74 Å². The number of ether oxygens (including phenoxy) is 3. The molecule has 138 valence electrons. The summed E-state index contributed by atoms with van der Waals surface area (Å²) in [5.41, 5.74) is -0.143. The van der Waals surface area contributed by atoms with Crippen molar-refractivity contribution < 1.29 is 27.4 Å². The van der Waals surface area contributed by atoms with Gasteiger partial charge in [-0.15, -0.1) is 0 Å². The van der Waals surface area contributed by atoms with Crippen molar-refractivity contribution in [3.05, 3.63) is 23.8 Å². The lowest BCUT2D eigenvalue weighted by atomic mass is 9.81. The number of carbonyl (C=O) groups is 1. The van der Waals surface area contributed by atoms with Crippen LogP contribution in [0.25, 0.3) is 0 Å². The summed E-state index contributed by atoms with van der Waals surface area (Å²) in [5, 5.41) is 0. The molecule has 7 nitrogen and oxygen atoms in total. The molecular weight excluding hydrogens is 346 g/mol. The monoisotopic (exact) mass is 369 g/mol. The van der Waals surface area contributed by atoms with Gasteiger partial charge in [-0.3, -0.25) is 4.79 Å². The Morgan fingerprint density at radius 1 is 1.44 bits per heavy atom. The van der Waals surface area contributed by atoms with Gasteiger partial charge in [-0.05, 0) is 37.6 Å². The van der Waals surface area contributed by atoms with Gasteiger partial charge >= 0.3 is 5.97 Å². The van der Waals surface area contributed by atoms with Crippen molar-refractivity contribution in [2.45, 2.75) is 18.7 Å². The van der Waals surface area contributed by atoms with E-state index in [1.165, 1.54) is 11.4 Å². The van der Waals surface area contributed by atoms with Crippen molar-refractivity contribution in [1.82, 2.24) is 4.31 Å². The maximum atomic E-state index is 13.0. The zero-order valence-electron chi connectivity index (χ0n) is 14.6. The predicted octanol–water partition coefficient (Wildman–Crippen LogP) is 1.20. The first kappa shape index (κ1) is 18.2. The molecule has 1 aromatic carbocycles. The van der Waals surface area contributed by atoms with Gasteiger partial charge in [0.25, 0.3) is 0 Å². The molecule has 0 unspecified atom stereocenters. The van der Waals surface area contributed by atoms with E-state index in [4.69, 9.17) is 14.2 Å². The number of rotatable bonds is 5. The number of aryl methyl sites for hydroxylation is 1. The third-order valence-corrected chi connectivity index (χ3v) is 6.83. The van der Waals surface area contributed by atoms with Crippen LogP contribution in [0, 0.1) is 18.3 Å². The fraction of sp³-hybridized carbons (Fsp3) is 0.588. The molecule has 2 saturated heterocycles. The molecule has 0 saturated carbocycles. The molecule has 3 rings (SSSR count). The SMILES string of the molecule is CCOc1ccc(S(=O)(=O)N2C[C@H]3COC[C@@]3(C(=O)OC)C2)cc1C. The number of methoxy groups -OCH3 is 1. The smallest absolute Gasteiger partial charge is 0.315 e. The minimum Gasteiger partial charge on any atom is -0.494 e. The second kappa shape index (κ2) is 6.59. The van der Waals surface area contributed by atoms with E-state index >= 15 is 0 Å². The Balaban J connectivity index is 1.89. The van der Waals surface area contributed by atoms with Crippen LogP contribution in [-0.4, -0.2) is 58.7 Å². The number of sulfonamides is 1. The van der Waals surface area contributed by atoms with Crippen LogP contribution >= 0.6 is 0 Å². The van der Waals surface area contributed by atoms with E-state index in [2.05, 4.69) is 0 Å². The number of carbonyl (C=O) groups excluding carboxylic acids is 1. The Morgan fingerprint density at radius 3 is 2.84 bits per heavy atom. The summed E-state index contributed by atoms with van der Waals surface area (Å²) in [7, 11) is -2.38. The van der Waals surface area contributed by atoms with E-state index in [1.54, 1.807) is 18.2 Å². The standard InChI is InChI=1S/C17H23NO6S/c1-4-24-15-6-5-14(7-12(15)2)25(20,21)18-8-13-9-23-11-17(13,10-18)16(19)22-3/h5-7,13H,4,8-11H2,1-3H3/t13-,17-/m0/s1. The van der Waals surface area contributed by atoms with E-state index in [9.17, 15) is 13.2 Å². The van der Waals surface area contributed by atoms with Crippen LogP contribution in [0.4, 0.5) is 0 Å². The van der Waals surface area contributed by atoms with Crippen LogP contribution in [0.2, 0.25) is 0 Å². The molecule has 1 aromatic rings. The number of esters is 1. The molecule has 0 bridgehead atoms. The summed E-state index contributed by atoms with van der Waals surface area (Å²) in [4.78, 5) is 12.5. The molecule has 2 fully saturated rings. The summed E-state index contributed by atoms with van der Waals surface area (Å²) in [6.45, 7) is 5.10. The maximum Gasteiger partial charge on any atom is 0.315 e. The number of fused-ring (bicyclic) bond motifs is 1. The summed E-state index contributed by atoms with van der Waals surface area (Å²) >= 11 is 0. The third-order valence-electron chi connectivity index (χ3n) is 5.02. The Bertz CT molecular complexity index is 777. The van der Waals surface area contributed by atoms with E-state index in [-0.39, 0.29) is 30.5 Å². The zero-order valence-corrected chi connectivity index (χ0v) is 15.5. The second-order valence-corrected chi connectivity index (χ2v) is 8.46. The van der Waals surface area contributed by atoms with Gasteiger partial charge in [-0.25, -0.2) is 8.42 Å². The molecular formula is C17H23NO6S. The molecule has 0 aliphatic carbocycles. The van der Waals surface area contributed by atoms with Gasteiger partial charge in [-0.1, -0.05) is 0 Å². The minimum atomic E-state index is -3.70. The Labute approximate surface area is 147 Å². The fourth-order valence-corrected chi connectivity index (χ4v) is 5.25. The lowest BCUT2D eigenvalue weighted by molar-refractivity contribution is -0.153. The fourth-order valence-electron chi connectivity index (χ4n) is 3.61. The van der Waals surface area contributed by atoms with Gasteiger partial charge in [0.15, 0.2) is 0 Å². The highest BCUT2D eigenvalue weighted by Gasteiger charge is 2.59. The molecule has 0 N–H and O–H groups in total. The second-order valence-electron chi connectivity index (χ2n) is 6.52. The number of nitrogens with zero attached hydrogens (tertiary/aromatic N) is 1. The lowest BCUT2D eigenvalue weighted by Crippen LogP contribution is -2.41. The summed E-state index contributed by atoms with van der Waals surface area (Å²) in [6.07, 6.45) is 0. The van der Waals surface area contributed by atoms with Gasteiger partial charge in [0.1, 0.15) is 11.2 Å². The molecule has 2 heterocycles. The van der Waals surface area contributed by atoms with Gasteiger partial charge in [0.05, 0.1) is 31.8 Å². The number of benzene rings is 1. The first-order chi connectivity index (χ1) is 11.8. The number of hydrogen-bond acceptors (Lipinski definition) is 6. The van der Waals surface area contributed by atoms with Crippen molar-refractivity contribution in [2.75, 3.05) is 40.0 Å². The summed E-state index contributed by atoms with van der Waals surface area (Å²) in [6, 6.07) is 4.82. The molecule has 25 heavy (non-hydrogen) atoms. The summed E-state index contributed by atoms with van der Waals surface area (Å²) in [5.74, 6) is 0.0771. The highest BCUT2D eigenvalue weighted by atomic mass is 32.2. The average Bonchev–Trinajstić information content (AvgIpc) is 3.14. The van der Waals surface area contributed by atoms with Gasteiger partial charge < -0.3 is 14.2 Å². The molecule has 0 spiro atoms. The van der Waals surface area contributed by atoms with Crippen LogP contribution in [-0.2, 0) is 24.3 Å². The van der Waals surface area contributed by atoms with Crippen molar-refractivity contribution in [1.29, 1.82) is 0 Å². The zero-order chi connectivity index (χ0) is 18.2. The molecule has 0 radical (unpaired) electrons. The van der Waals surface area contributed by atoms with Crippen molar-refractivity contribution >= 4 is 16.0 Å². The van der Waals surface area contributed by atoms with Crippen LogP contribution in [0.5, 0.6) is 5.75 Å². The predicted molar refractivity (Wildman–Crippen MR) is 89.9 cm³/mol. The first-order valence-corrected chi connectivity index (χ1v) is 9.69. The third kappa shape index (κ3) is 2.92. The molecule has 2 atom stereocenters. The minimum absolute atomic E-state index is 0.0823. The first-order valence-electron chi connectivity index (χ1n) is 8.25. The van der Waals surface area contributed by atoms with Gasteiger partial charge in [-0.2, -0.15) is 4.31 Å². The molecule has 2 aliphatic heterocycles. The van der Waals surface area contributed by atoms with E-state index in [0.29, 0.717) is 19.0 Å². The Hall–Kier alpha value is -1.64. The van der Waals surface area contributed by atoms with Crippen molar-refractivity contribution in [3.63, 3.8) is 0 Å². The van der Waals surface area contributed by atoms with Crippen molar-refractivity contribution in [2.24, 2.45) is 11.3 Å². The summed E-state index contributed by atoms with van der Waals surface area (Å²) < 4.78 is 43.2. The van der Waals surface area contributed by atoms with Gasteiger partial charge in [0.2, 0.25) is 10.0 Å². The number of hydrogen-bond donors (Lipinski definition) is 0. The highest BCUT2D eigenvalue weighted by Crippen LogP contribution is 2.44. The van der Waals surface area contributed by atoms with Crippen LogP contribution in [0.3, 0.4) is 0 Å². The average molecular weight is 369 g/mol. The largest absolute Gasteiger partial charge is 0.494 e. The normalized spacial score (nSPS) is 26.4. The molecule has 2 aliphatic rings. The maximum absolute atomic E-state index is 13.0. The Kier molecular flexibility index (Phi) is 4.78. The van der Waals surface area contributed by atoms with Crippen LogP contribution in [0.1, 0.15) is 12.5 Å². The molecule has 8 heteroatoms. The van der Waals surface area contributed by atoms with E-state index in [1.807, 2.05) is 13.8 Å². The van der Waals surface area contributed by atoms with Crippen molar-refractivity contribution in [3.8, 4) is 5.75 Å². The lowest BCUT2D eigenvalue weighted by Gasteiger charge is -2.24. The molecule has 0 amide bonds. The van der Waals surface area contributed by atoms with Gasteiger partial charge in [0, 0.05) is 19.0 Å². The Morgan fingerprint density at radius 2 is 2.20 bits per heavy atom. The van der Waals surface area contributed by atoms with E-state index in [0.717, 1.165) is 5.56 Å². The topological polar surface area (TPSA) is 82.1 Å². The van der Waals surface area contributed by atoms with E-state index < -0.39 is 21.4 Å².